The molecule has 4 rings (SSSR count). The number of benzene rings is 3. The third-order valence-electron chi connectivity index (χ3n) is 5.29. The number of methoxy groups -OCH3 is 1. The van der Waals surface area contributed by atoms with Crippen LogP contribution in [0, 0.1) is 10.1 Å². The van der Waals surface area contributed by atoms with Crippen LogP contribution in [0.2, 0.25) is 10.0 Å². The van der Waals surface area contributed by atoms with Crippen molar-refractivity contribution >= 4 is 57.9 Å². The van der Waals surface area contributed by atoms with Gasteiger partial charge in [-0.1, -0.05) is 59.6 Å². The zero-order valence-electron chi connectivity index (χ0n) is 18.8. The van der Waals surface area contributed by atoms with Crippen LogP contribution in [0.3, 0.4) is 0 Å². The molecule has 0 N–H and O–H groups in total. The Balaban J connectivity index is 1.61. The Morgan fingerprint density at radius 1 is 1.06 bits per heavy atom. The number of imide groups is 1. The summed E-state index contributed by atoms with van der Waals surface area (Å²) in [5, 5.41) is 11.7. The average molecular weight is 545 g/mol. The van der Waals surface area contributed by atoms with Gasteiger partial charge in [0, 0.05) is 32.8 Å². The molecule has 184 valence electrons. The first kappa shape index (κ1) is 25.6. The minimum atomic E-state index is -0.558. The fourth-order valence-electron chi connectivity index (χ4n) is 3.52. The molecule has 1 saturated heterocycles. The number of nitro benzene ring substituents is 1. The summed E-state index contributed by atoms with van der Waals surface area (Å²) in [6.45, 7) is -0.105. The second kappa shape index (κ2) is 11.0. The van der Waals surface area contributed by atoms with E-state index in [1.54, 1.807) is 42.5 Å². The van der Waals surface area contributed by atoms with Gasteiger partial charge in [-0.05, 0) is 36.0 Å². The second-order valence-corrected chi connectivity index (χ2v) is 9.39. The van der Waals surface area contributed by atoms with Crippen LogP contribution in [0.4, 0.5) is 10.5 Å². The molecule has 0 aromatic heterocycles. The fourth-order valence-corrected chi connectivity index (χ4v) is 4.81. The number of nitro groups is 1. The van der Waals surface area contributed by atoms with Crippen molar-refractivity contribution in [1.29, 1.82) is 0 Å². The van der Waals surface area contributed by atoms with E-state index < -0.39 is 16.1 Å². The van der Waals surface area contributed by atoms with Crippen molar-refractivity contribution in [3.05, 3.63) is 102 Å². The van der Waals surface area contributed by atoms with Crippen LogP contribution in [0.25, 0.3) is 6.08 Å². The predicted octanol–water partition coefficient (Wildman–Crippen LogP) is 6.73. The molecule has 11 heteroatoms. The highest BCUT2D eigenvalue weighted by Gasteiger charge is 2.36. The molecule has 0 aliphatic carbocycles. The van der Waals surface area contributed by atoms with Gasteiger partial charge in [-0.15, -0.1) is 0 Å². The van der Waals surface area contributed by atoms with Gasteiger partial charge in [0.15, 0.2) is 11.5 Å². The number of thioether (sulfide) groups is 1. The number of carbonyl (C=O) groups excluding carboxylic acids is 2. The molecular weight excluding hydrogens is 527 g/mol. The van der Waals surface area contributed by atoms with E-state index in [9.17, 15) is 19.7 Å². The van der Waals surface area contributed by atoms with Gasteiger partial charge in [0.25, 0.3) is 16.8 Å². The van der Waals surface area contributed by atoms with Crippen LogP contribution in [0.15, 0.2) is 65.6 Å². The molecule has 0 saturated carbocycles. The minimum Gasteiger partial charge on any atom is -0.493 e. The number of amides is 2. The topological polar surface area (TPSA) is 99.0 Å². The molecule has 1 aliphatic heterocycles. The molecule has 1 heterocycles. The smallest absolute Gasteiger partial charge is 0.293 e. The summed E-state index contributed by atoms with van der Waals surface area (Å²) in [5.41, 5.74) is 1.31. The molecule has 0 bridgehead atoms. The van der Waals surface area contributed by atoms with E-state index in [4.69, 9.17) is 32.7 Å². The molecule has 1 aliphatic rings. The molecule has 1 fully saturated rings. The highest BCUT2D eigenvalue weighted by Crippen LogP contribution is 2.39. The number of nitrogens with zero attached hydrogens (tertiary/aromatic N) is 2. The van der Waals surface area contributed by atoms with Gasteiger partial charge in [-0.2, -0.15) is 0 Å². The Labute approximate surface area is 220 Å². The lowest BCUT2D eigenvalue weighted by Gasteiger charge is -2.15. The quantitative estimate of drug-likeness (QED) is 0.176. The van der Waals surface area contributed by atoms with Crippen LogP contribution in [-0.2, 0) is 17.9 Å². The van der Waals surface area contributed by atoms with Gasteiger partial charge in [0.2, 0.25) is 0 Å². The van der Waals surface area contributed by atoms with Crippen LogP contribution in [0.5, 0.6) is 11.5 Å². The summed E-state index contributed by atoms with van der Waals surface area (Å²) in [4.78, 5) is 37.6. The number of hydrogen-bond acceptors (Lipinski definition) is 7. The van der Waals surface area contributed by atoms with Gasteiger partial charge in [-0.25, -0.2) is 0 Å². The van der Waals surface area contributed by atoms with Gasteiger partial charge >= 0.3 is 0 Å². The fraction of sp³-hybridized carbons (Fsp3) is 0.120. The molecule has 0 spiro atoms. The van der Waals surface area contributed by atoms with Crippen molar-refractivity contribution < 1.29 is 24.0 Å². The molecule has 3 aromatic carbocycles. The average Bonchev–Trinajstić information content (AvgIpc) is 3.11. The summed E-state index contributed by atoms with van der Waals surface area (Å²) in [6, 6.07) is 16.2. The highest BCUT2D eigenvalue weighted by molar-refractivity contribution is 8.18. The molecule has 0 unspecified atom stereocenters. The van der Waals surface area contributed by atoms with Crippen molar-refractivity contribution in [2.75, 3.05) is 7.11 Å². The van der Waals surface area contributed by atoms with E-state index in [0.717, 1.165) is 16.7 Å². The molecular formula is C25H18Cl2N2O6S. The van der Waals surface area contributed by atoms with Crippen LogP contribution >= 0.6 is 35.0 Å². The predicted molar refractivity (Wildman–Crippen MR) is 138 cm³/mol. The van der Waals surface area contributed by atoms with Gasteiger partial charge in [0.05, 0.1) is 23.5 Å². The summed E-state index contributed by atoms with van der Waals surface area (Å²) in [5.74, 6) is 0.224. The highest BCUT2D eigenvalue weighted by atomic mass is 35.5. The Kier molecular flexibility index (Phi) is 7.83. The molecule has 0 radical (unpaired) electrons. The third-order valence-corrected chi connectivity index (χ3v) is 6.79. The van der Waals surface area contributed by atoms with E-state index in [2.05, 4.69) is 0 Å². The molecule has 0 atom stereocenters. The Hall–Kier alpha value is -3.53. The van der Waals surface area contributed by atoms with Crippen LogP contribution < -0.4 is 9.47 Å². The van der Waals surface area contributed by atoms with Crippen LogP contribution in [0.1, 0.15) is 16.7 Å². The maximum atomic E-state index is 13.1. The minimum absolute atomic E-state index is 0.108. The second-order valence-electron chi connectivity index (χ2n) is 7.56. The summed E-state index contributed by atoms with van der Waals surface area (Å²) >= 11 is 13.0. The lowest BCUT2D eigenvalue weighted by Crippen LogP contribution is -2.27. The molecule has 8 nitrogen and oxygen atoms in total. The zero-order valence-corrected chi connectivity index (χ0v) is 21.1. The summed E-state index contributed by atoms with van der Waals surface area (Å²) in [7, 11) is 1.49. The lowest BCUT2D eigenvalue weighted by molar-refractivity contribution is -0.385. The summed E-state index contributed by atoms with van der Waals surface area (Å²) in [6.07, 6.45) is 1.53. The zero-order chi connectivity index (χ0) is 25.8. The standard InChI is InChI=1S/C25H18Cl2N2O6S/c1-34-21-8-4-6-15(23(21)35-14-17-9-10-18(26)12-19(17)27)11-22-24(30)28(25(31)36-22)13-16-5-2-3-7-20(16)29(32)33/h2-12H,13-14H2,1H3/b22-11+. The monoisotopic (exact) mass is 544 g/mol. The van der Waals surface area contributed by atoms with Crippen molar-refractivity contribution in [3.63, 3.8) is 0 Å². The Morgan fingerprint density at radius 2 is 1.83 bits per heavy atom. The SMILES string of the molecule is COc1cccc(/C=C2/SC(=O)N(Cc3ccccc3[N+](=O)[O-])C2=O)c1OCc1ccc(Cl)cc1Cl. The van der Waals surface area contributed by atoms with Crippen LogP contribution in [-0.4, -0.2) is 28.1 Å². The van der Waals surface area contributed by atoms with E-state index in [1.165, 1.54) is 31.4 Å². The van der Waals surface area contributed by atoms with Crippen molar-refractivity contribution in [3.8, 4) is 11.5 Å². The number of para-hydroxylation sites is 2. The first-order chi connectivity index (χ1) is 17.3. The van der Waals surface area contributed by atoms with Gasteiger partial charge < -0.3 is 9.47 Å². The Bertz CT molecular complexity index is 1390. The van der Waals surface area contributed by atoms with Crippen molar-refractivity contribution in [1.82, 2.24) is 4.90 Å². The van der Waals surface area contributed by atoms with E-state index in [-0.39, 0.29) is 29.3 Å². The maximum Gasteiger partial charge on any atom is 0.293 e. The van der Waals surface area contributed by atoms with Crippen molar-refractivity contribution in [2.45, 2.75) is 13.2 Å². The number of carbonyl (C=O) groups is 2. The van der Waals surface area contributed by atoms with E-state index in [0.29, 0.717) is 32.7 Å². The normalized spacial score (nSPS) is 14.4. The molecule has 2 amide bonds. The largest absolute Gasteiger partial charge is 0.493 e. The number of rotatable bonds is 8. The maximum absolute atomic E-state index is 13.1. The van der Waals surface area contributed by atoms with E-state index >= 15 is 0 Å². The van der Waals surface area contributed by atoms with Crippen molar-refractivity contribution in [2.24, 2.45) is 0 Å². The summed E-state index contributed by atoms with van der Waals surface area (Å²) < 4.78 is 11.4. The number of ether oxygens (including phenoxy) is 2. The molecule has 36 heavy (non-hydrogen) atoms. The molecule has 3 aromatic rings. The first-order valence-corrected chi connectivity index (χ1v) is 12.1. The third kappa shape index (κ3) is 5.48. The van der Waals surface area contributed by atoms with Gasteiger partial charge in [-0.3, -0.25) is 24.6 Å². The first-order valence-electron chi connectivity index (χ1n) is 10.5. The van der Waals surface area contributed by atoms with E-state index in [1.807, 2.05) is 0 Å². The number of halogens is 2. The lowest BCUT2D eigenvalue weighted by atomic mass is 10.1. The van der Waals surface area contributed by atoms with Gasteiger partial charge in [0.1, 0.15) is 6.61 Å². The number of hydrogen-bond donors (Lipinski definition) is 0. The Morgan fingerprint density at radius 3 is 2.56 bits per heavy atom.